The van der Waals surface area contributed by atoms with Gasteiger partial charge in [0.1, 0.15) is 0 Å². The van der Waals surface area contributed by atoms with E-state index in [4.69, 9.17) is 0 Å². The van der Waals surface area contributed by atoms with E-state index in [0.717, 1.165) is 30.6 Å². The number of carbonyl (C=O) groups excluding carboxylic acids is 1. The van der Waals surface area contributed by atoms with E-state index in [2.05, 4.69) is 29.7 Å². The van der Waals surface area contributed by atoms with Gasteiger partial charge in [0.15, 0.2) is 0 Å². The highest BCUT2D eigenvalue weighted by atomic mass is 35.5. The van der Waals surface area contributed by atoms with Gasteiger partial charge in [-0.3, -0.25) is 4.79 Å². The van der Waals surface area contributed by atoms with Gasteiger partial charge in [0.05, 0.1) is 0 Å². The number of aryl methyl sites for hydroxylation is 1. The molecule has 3 nitrogen and oxygen atoms in total. The molecule has 0 spiro atoms. The van der Waals surface area contributed by atoms with Crippen LogP contribution in [0.3, 0.4) is 0 Å². The maximum atomic E-state index is 12.3. The third-order valence-electron chi connectivity index (χ3n) is 4.02. The first-order valence-corrected chi connectivity index (χ1v) is 7.49. The van der Waals surface area contributed by atoms with Crippen LogP contribution in [0.2, 0.25) is 0 Å². The van der Waals surface area contributed by atoms with Crippen molar-refractivity contribution in [2.75, 3.05) is 11.9 Å². The Labute approximate surface area is 137 Å². The van der Waals surface area contributed by atoms with E-state index in [0.29, 0.717) is 6.54 Å². The van der Waals surface area contributed by atoms with Crippen molar-refractivity contribution < 1.29 is 4.79 Å². The maximum absolute atomic E-state index is 12.3. The van der Waals surface area contributed by atoms with E-state index in [1.165, 1.54) is 16.7 Å². The van der Waals surface area contributed by atoms with Crippen molar-refractivity contribution >= 4 is 24.0 Å². The number of fused-ring (bicyclic) bond motifs is 1. The minimum atomic E-state index is -0.00407. The molecule has 0 saturated heterocycles. The molecule has 1 aliphatic rings. The lowest BCUT2D eigenvalue weighted by molar-refractivity contribution is 0.0951. The normalized spacial score (nSPS) is 12.0. The molecule has 2 aromatic carbocycles. The highest BCUT2D eigenvalue weighted by Crippen LogP contribution is 2.23. The lowest BCUT2D eigenvalue weighted by Gasteiger charge is -2.10. The molecule has 0 atom stereocenters. The van der Waals surface area contributed by atoms with E-state index in [1.54, 1.807) is 0 Å². The molecule has 2 N–H and O–H groups in total. The van der Waals surface area contributed by atoms with Crippen molar-refractivity contribution in [1.29, 1.82) is 0 Å². The monoisotopic (exact) mass is 316 g/mol. The second-order valence-electron chi connectivity index (χ2n) is 5.35. The third-order valence-corrected chi connectivity index (χ3v) is 4.02. The Morgan fingerprint density at radius 1 is 1.18 bits per heavy atom. The zero-order valence-electron chi connectivity index (χ0n) is 12.7. The number of hydrogen-bond donors (Lipinski definition) is 2. The van der Waals surface area contributed by atoms with Crippen molar-refractivity contribution in [3.63, 3.8) is 0 Å². The van der Waals surface area contributed by atoms with E-state index < -0.39 is 0 Å². The van der Waals surface area contributed by atoms with Gasteiger partial charge in [0.25, 0.3) is 5.91 Å². The molecular formula is C18H21ClN2O. The van der Waals surface area contributed by atoms with Crippen molar-refractivity contribution in [2.24, 2.45) is 0 Å². The van der Waals surface area contributed by atoms with Crippen molar-refractivity contribution in [2.45, 2.75) is 26.3 Å². The van der Waals surface area contributed by atoms with Crippen LogP contribution in [-0.4, -0.2) is 12.5 Å². The van der Waals surface area contributed by atoms with E-state index in [-0.39, 0.29) is 18.3 Å². The summed E-state index contributed by atoms with van der Waals surface area (Å²) in [4.78, 5) is 12.3. The zero-order chi connectivity index (χ0) is 14.7. The summed E-state index contributed by atoms with van der Waals surface area (Å²) in [6.45, 7) is 3.68. The molecule has 0 saturated carbocycles. The van der Waals surface area contributed by atoms with Gasteiger partial charge in [-0.05, 0) is 47.7 Å². The highest BCUT2D eigenvalue weighted by molar-refractivity contribution is 5.95. The van der Waals surface area contributed by atoms with Gasteiger partial charge in [-0.2, -0.15) is 0 Å². The molecule has 0 fully saturated rings. The van der Waals surface area contributed by atoms with E-state index in [1.807, 2.05) is 30.3 Å². The Kier molecular flexibility index (Phi) is 5.45. The predicted octanol–water partition coefficient (Wildman–Crippen LogP) is 3.57. The fraction of sp³-hybridized carbons (Fsp3) is 0.278. The number of rotatable bonds is 4. The van der Waals surface area contributed by atoms with Gasteiger partial charge in [0, 0.05) is 24.3 Å². The third kappa shape index (κ3) is 3.42. The summed E-state index contributed by atoms with van der Waals surface area (Å²) in [5, 5.41) is 6.33. The average Bonchev–Trinajstić information content (AvgIpc) is 3.00. The van der Waals surface area contributed by atoms with Crippen LogP contribution in [0, 0.1) is 0 Å². The number of halogens is 1. The Morgan fingerprint density at radius 3 is 2.73 bits per heavy atom. The van der Waals surface area contributed by atoms with Crippen LogP contribution in [0.1, 0.15) is 34.0 Å². The molecule has 0 radical (unpaired) electrons. The van der Waals surface area contributed by atoms with Gasteiger partial charge in [-0.25, -0.2) is 0 Å². The summed E-state index contributed by atoms with van der Waals surface area (Å²) in [5.41, 5.74) is 5.61. The van der Waals surface area contributed by atoms with Gasteiger partial charge in [-0.15, -0.1) is 12.4 Å². The molecule has 2 aromatic rings. The molecule has 116 valence electrons. The van der Waals surface area contributed by atoms with Crippen molar-refractivity contribution in [3.8, 4) is 0 Å². The minimum Gasteiger partial charge on any atom is -0.384 e. The Bertz CT molecular complexity index is 670. The van der Waals surface area contributed by atoms with Crippen LogP contribution in [0.25, 0.3) is 0 Å². The quantitative estimate of drug-likeness (QED) is 0.905. The molecule has 0 aromatic heterocycles. The summed E-state index contributed by atoms with van der Waals surface area (Å²) in [6.07, 6.45) is 1.98. The average molecular weight is 317 g/mol. The van der Waals surface area contributed by atoms with Crippen LogP contribution in [0.4, 0.5) is 5.69 Å². The van der Waals surface area contributed by atoms with Crippen molar-refractivity contribution in [3.05, 3.63) is 64.7 Å². The molecule has 1 aliphatic heterocycles. The van der Waals surface area contributed by atoms with Gasteiger partial charge < -0.3 is 10.6 Å². The predicted molar refractivity (Wildman–Crippen MR) is 92.9 cm³/mol. The molecule has 1 amide bonds. The van der Waals surface area contributed by atoms with Crippen LogP contribution >= 0.6 is 12.4 Å². The summed E-state index contributed by atoms with van der Waals surface area (Å²) in [6, 6.07) is 14.1. The van der Waals surface area contributed by atoms with Gasteiger partial charge in [0.2, 0.25) is 0 Å². The first-order chi connectivity index (χ1) is 10.3. The maximum Gasteiger partial charge on any atom is 0.251 e. The Hall–Kier alpha value is -2.00. The topological polar surface area (TPSA) is 41.1 Å². The Morgan fingerprint density at radius 2 is 1.95 bits per heavy atom. The summed E-state index contributed by atoms with van der Waals surface area (Å²) >= 11 is 0. The lowest BCUT2D eigenvalue weighted by atomic mass is 10.0. The van der Waals surface area contributed by atoms with E-state index in [9.17, 15) is 4.79 Å². The highest BCUT2D eigenvalue weighted by Gasteiger charge is 2.13. The molecule has 0 unspecified atom stereocenters. The second-order valence-corrected chi connectivity index (χ2v) is 5.35. The van der Waals surface area contributed by atoms with Gasteiger partial charge in [-0.1, -0.05) is 31.2 Å². The number of hydrogen-bond acceptors (Lipinski definition) is 2. The smallest absolute Gasteiger partial charge is 0.251 e. The summed E-state index contributed by atoms with van der Waals surface area (Å²) in [7, 11) is 0. The first-order valence-electron chi connectivity index (χ1n) is 7.49. The SMILES string of the molecule is CCc1ccccc1CNC(=O)c1ccc2c(c1)CCN2.Cl. The minimum absolute atomic E-state index is 0. The molecule has 1 heterocycles. The number of carbonyl (C=O) groups is 1. The number of benzene rings is 2. The number of nitrogens with one attached hydrogen (secondary N) is 2. The molecular weight excluding hydrogens is 296 g/mol. The first kappa shape index (κ1) is 16.4. The van der Waals surface area contributed by atoms with E-state index >= 15 is 0 Å². The fourth-order valence-corrected chi connectivity index (χ4v) is 2.80. The second kappa shape index (κ2) is 7.32. The van der Waals surface area contributed by atoms with Crippen LogP contribution < -0.4 is 10.6 Å². The summed E-state index contributed by atoms with van der Waals surface area (Å²) < 4.78 is 0. The van der Waals surface area contributed by atoms with Crippen LogP contribution in [-0.2, 0) is 19.4 Å². The van der Waals surface area contributed by atoms with Crippen LogP contribution in [0.5, 0.6) is 0 Å². The molecule has 4 heteroatoms. The zero-order valence-corrected chi connectivity index (χ0v) is 13.5. The summed E-state index contributed by atoms with van der Waals surface area (Å²) in [5.74, 6) is -0.00407. The fourth-order valence-electron chi connectivity index (χ4n) is 2.80. The van der Waals surface area contributed by atoms with Gasteiger partial charge >= 0.3 is 0 Å². The largest absolute Gasteiger partial charge is 0.384 e. The molecule has 0 bridgehead atoms. The molecule has 3 rings (SSSR count). The van der Waals surface area contributed by atoms with Crippen LogP contribution in [0.15, 0.2) is 42.5 Å². The molecule has 22 heavy (non-hydrogen) atoms. The lowest BCUT2D eigenvalue weighted by Crippen LogP contribution is -2.23. The molecule has 0 aliphatic carbocycles. The van der Waals surface area contributed by atoms with Crippen molar-refractivity contribution in [1.82, 2.24) is 5.32 Å². The number of anilines is 1. The number of amides is 1. The Balaban J connectivity index is 0.00000176. The standard InChI is InChI=1S/C18H20N2O.ClH/c1-2-13-5-3-4-6-16(13)12-20-18(21)15-7-8-17-14(11-15)9-10-19-17;/h3-8,11,19H,2,9-10,12H2,1H3,(H,20,21);1H.